The zero-order chi connectivity index (χ0) is 51.5. The van der Waals surface area contributed by atoms with Crippen LogP contribution in [-0.4, -0.2) is 87.5 Å². The van der Waals surface area contributed by atoms with E-state index >= 15 is 0 Å². The summed E-state index contributed by atoms with van der Waals surface area (Å²) >= 11 is 0. The fourth-order valence-corrected chi connectivity index (χ4v) is 8.87. The smallest absolute Gasteiger partial charge is 0.220 e. The summed E-state index contributed by atoms with van der Waals surface area (Å²) in [4.78, 5) is 13.0. The molecule has 6 N–H and O–H groups in total. The number of hydrogen-bond acceptors (Lipinski definition) is 8. The number of allylic oxidation sites excluding steroid dienone is 13. The summed E-state index contributed by atoms with van der Waals surface area (Å²) in [6.45, 7) is 3.66. The summed E-state index contributed by atoms with van der Waals surface area (Å²) in [7, 11) is 0. The lowest BCUT2D eigenvalue weighted by Gasteiger charge is -2.40. The highest BCUT2D eigenvalue weighted by Gasteiger charge is 2.44. The van der Waals surface area contributed by atoms with Crippen molar-refractivity contribution in [2.24, 2.45) is 0 Å². The summed E-state index contributed by atoms with van der Waals surface area (Å²) in [5, 5.41) is 54.4. The molecule has 0 aromatic heterocycles. The van der Waals surface area contributed by atoms with E-state index in [4.69, 9.17) is 9.47 Å². The quantitative estimate of drug-likeness (QED) is 0.0261. The first kappa shape index (κ1) is 66.4. The Morgan fingerprint density at radius 3 is 1.30 bits per heavy atom. The Bertz CT molecular complexity index is 1390. The van der Waals surface area contributed by atoms with Crippen molar-refractivity contribution in [2.75, 3.05) is 13.2 Å². The van der Waals surface area contributed by atoms with Gasteiger partial charge < -0.3 is 40.3 Å². The number of aliphatic hydroxyl groups excluding tert-OH is 5. The van der Waals surface area contributed by atoms with Gasteiger partial charge in [-0.1, -0.05) is 253 Å². The van der Waals surface area contributed by atoms with Gasteiger partial charge in [-0.25, -0.2) is 0 Å². The van der Waals surface area contributed by atoms with Crippen LogP contribution in [0.2, 0.25) is 0 Å². The number of ether oxygens (including phenoxy) is 2. The number of rotatable bonds is 49. The van der Waals surface area contributed by atoms with Crippen LogP contribution >= 0.6 is 0 Å². The standard InChI is InChI=1S/C62H109NO8/c1-3-5-7-9-11-13-15-17-18-19-20-21-22-23-24-25-26-27-28-29-30-31-32-33-34-35-36-37-38-40-42-44-46-48-50-52-58(66)63-55(54-70-62-61(69)60(68)59(67)57(53-64)71-62)56(65)51-49-47-45-43-41-39-16-14-12-10-8-6-4-2/h5,7,11,13,17-18,20-21,23-24,26-27,49,51,55-57,59-62,64-65,67-69H,3-4,6,8-10,12,14-16,19,22,25,28-48,50,52-54H2,1-2H3,(H,63,66)/b7-5-,13-11-,18-17-,21-20-,24-23-,27-26-,51-49+. The molecule has 0 aliphatic carbocycles. The summed E-state index contributed by atoms with van der Waals surface area (Å²) in [5.74, 6) is -0.179. The van der Waals surface area contributed by atoms with E-state index < -0.39 is 49.5 Å². The molecule has 0 bridgehead atoms. The number of carbonyl (C=O) groups excluding carboxylic acids is 1. The van der Waals surface area contributed by atoms with E-state index in [1.807, 2.05) is 6.08 Å². The van der Waals surface area contributed by atoms with Crippen molar-refractivity contribution in [1.29, 1.82) is 0 Å². The van der Waals surface area contributed by atoms with Gasteiger partial charge in [0.05, 0.1) is 25.4 Å². The summed E-state index contributed by atoms with van der Waals surface area (Å²) in [5.41, 5.74) is 0. The predicted molar refractivity (Wildman–Crippen MR) is 299 cm³/mol. The maximum Gasteiger partial charge on any atom is 0.220 e. The van der Waals surface area contributed by atoms with Crippen molar-refractivity contribution in [3.8, 4) is 0 Å². The molecule has 1 fully saturated rings. The average molecular weight is 997 g/mol. The maximum atomic E-state index is 13.0. The van der Waals surface area contributed by atoms with Crippen LogP contribution in [0.4, 0.5) is 0 Å². The van der Waals surface area contributed by atoms with Gasteiger partial charge in [-0.15, -0.1) is 0 Å². The fourth-order valence-electron chi connectivity index (χ4n) is 8.87. The van der Waals surface area contributed by atoms with Crippen molar-refractivity contribution in [1.82, 2.24) is 5.32 Å². The van der Waals surface area contributed by atoms with Gasteiger partial charge >= 0.3 is 0 Å². The van der Waals surface area contributed by atoms with Gasteiger partial charge in [-0.2, -0.15) is 0 Å². The van der Waals surface area contributed by atoms with Crippen molar-refractivity contribution < 1.29 is 39.8 Å². The van der Waals surface area contributed by atoms with Crippen LogP contribution in [0.25, 0.3) is 0 Å². The lowest BCUT2D eigenvalue weighted by molar-refractivity contribution is -0.302. The van der Waals surface area contributed by atoms with Crippen LogP contribution in [0.15, 0.2) is 85.1 Å². The number of amides is 1. The highest BCUT2D eigenvalue weighted by molar-refractivity contribution is 5.76. The number of aliphatic hydroxyl groups is 5. The summed E-state index contributed by atoms with van der Waals surface area (Å²) < 4.78 is 11.2. The van der Waals surface area contributed by atoms with Gasteiger partial charge in [0.2, 0.25) is 5.91 Å². The Balaban J connectivity index is 2.12. The molecule has 0 aromatic carbocycles. The van der Waals surface area contributed by atoms with Crippen molar-refractivity contribution in [2.45, 2.75) is 288 Å². The number of unbranched alkanes of at least 4 members (excludes halogenated alkanes) is 27. The van der Waals surface area contributed by atoms with Gasteiger partial charge in [0, 0.05) is 6.42 Å². The normalized spacial score (nSPS) is 19.9. The molecule has 71 heavy (non-hydrogen) atoms. The Hall–Kier alpha value is -2.63. The van der Waals surface area contributed by atoms with Crippen molar-refractivity contribution >= 4 is 5.91 Å². The molecule has 0 radical (unpaired) electrons. The van der Waals surface area contributed by atoms with Gasteiger partial charge in [0.25, 0.3) is 0 Å². The van der Waals surface area contributed by atoms with E-state index in [-0.39, 0.29) is 12.5 Å². The van der Waals surface area contributed by atoms with Gasteiger partial charge in [-0.05, 0) is 70.6 Å². The molecular weight excluding hydrogens is 887 g/mol. The minimum atomic E-state index is -1.57. The first-order chi connectivity index (χ1) is 34.8. The van der Waals surface area contributed by atoms with Crippen LogP contribution in [0.3, 0.4) is 0 Å². The molecule has 7 unspecified atom stereocenters. The number of carbonyl (C=O) groups is 1. The molecule has 1 heterocycles. The van der Waals surface area contributed by atoms with Crippen LogP contribution in [0.1, 0.15) is 245 Å². The van der Waals surface area contributed by atoms with Gasteiger partial charge in [0.15, 0.2) is 6.29 Å². The highest BCUT2D eigenvalue weighted by atomic mass is 16.7. The van der Waals surface area contributed by atoms with E-state index in [9.17, 15) is 30.3 Å². The van der Waals surface area contributed by atoms with E-state index in [0.717, 1.165) is 77.0 Å². The molecule has 1 aliphatic heterocycles. The lowest BCUT2D eigenvalue weighted by atomic mass is 9.99. The predicted octanol–water partition coefficient (Wildman–Crippen LogP) is 14.6. The number of nitrogens with one attached hydrogen (secondary N) is 1. The third-order valence-electron chi connectivity index (χ3n) is 13.5. The lowest BCUT2D eigenvalue weighted by Crippen LogP contribution is -2.60. The third-order valence-corrected chi connectivity index (χ3v) is 13.5. The first-order valence-electron chi connectivity index (χ1n) is 29.3. The fraction of sp³-hybridized carbons (Fsp3) is 0.758. The van der Waals surface area contributed by atoms with Crippen molar-refractivity contribution in [3.63, 3.8) is 0 Å². The Labute approximate surface area is 435 Å². The minimum Gasteiger partial charge on any atom is -0.394 e. The average Bonchev–Trinajstić information content (AvgIpc) is 3.37. The molecule has 1 aliphatic rings. The van der Waals surface area contributed by atoms with Crippen LogP contribution in [0, 0.1) is 0 Å². The molecule has 0 spiro atoms. The van der Waals surface area contributed by atoms with Gasteiger partial charge in [0.1, 0.15) is 24.4 Å². The van der Waals surface area contributed by atoms with Crippen LogP contribution in [0.5, 0.6) is 0 Å². The second-order valence-electron chi connectivity index (χ2n) is 20.1. The minimum absolute atomic E-state index is 0.179. The highest BCUT2D eigenvalue weighted by Crippen LogP contribution is 2.23. The van der Waals surface area contributed by atoms with E-state index in [1.165, 1.54) is 148 Å². The van der Waals surface area contributed by atoms with Gasteiger partial charge in [-0.3, -0.25) is 4.79 Å². The first-order valence-corrected chi connectivity index (χ1v) is 29.3. The molecule has 0 aromatic rings. The molecule has 7 atom stereocenters. The van der Waals surface area contributed by atoms with E-state index in [2.05, 4.69) is 92.1 Å². The topological polar surface area (TPSA) is 149 Å². The summed E-state index contributed by atoms with van der Waals surface area (Å²) in [6, 6.07) is -0.807. The molecule has 9 heteroatoms. The Morgan fingerprint density at radius 2 is 0.873 bits per heavy atom. The SMILES string of the molecule is CC/C=C\C/C=C\C/C=C\C/C=C\C/C=C\C/C=C\CCCCCCCCCCCCCCCCCCC(=O)NC(COC1OC(CO)C(O)C(O)C1O)C(O)/C=C/CCCCCCCCCCCCC. The molecule has 0 saturated carbocycles. The molecule has 1 rings (SSSR count). The molecule has 9 nitrogen and oxygen atoms in total. The molecule has 1 saturated heterocycles. The monoisotopic (exact) mass is 996 g/mol. The molecular formula is C62H109NO8. The second kappa shape index (κ2) is 50.9. The number of hydrogen-bond donors (Lipinski definition) is 6. The van der Waals surface area contributed by atoms with Crippen LogP contribution < -0.4 is 5.32 Å². The molecule has 410 valence electrons. The largest absolute Gasteiger partial charge is 0.394 e. The zero-order valence-electron chi connectivity index (χ0n) is 45.5. The zero-order valence-corrected chi connectivity index (χ0v) is 45.5. The van der Waals surface area contributed by atoms with E-state index in [1.54, 1.807) is 6.08 Å². The van der Waals surface area contributed by atoms with Crippen LogP contribution in [-0.2, 0) is 14.3 Å². The summed E-state index contributed by atoms with van der Waals surface area (Å²) in [6.07, 6.45) is 65.1. The van der Waals surface area contributed by atoms with Crippen molar-refractivity contribution in [3.05, 3.63) is 85.1 Å². The molecule has 1 amide bonds. The van der Waals surface area contributed by atoms with E-state index in [0.29, 0.717) is 6.42 Å². The Kier molecular flexibility index (Phi) is 47.6. The second-order valence-corrected chi connectivity index (χ2v) is 20.1. The Morgan fingerprint density at radius 1 is 0.493 bits per heavy atom. The maximum absolute atomic E-state index is 13.0. The third kappa shape index (κ3) is 40.4.